The summed E-state index contributed by atoms with van der Waals surface area (Å²) in [7, 11) is 0. The van der Waals surface area contributed by atoms with Crippen molar-refractivity contribution in [1.82, 2.24) is 0 Å². The van der Waals surface area contributed by atoms with Gasteiger partial charge in [0.2, 0.25) is 0 Å². The molecular weight excluding hydrogens is 629 g/mol. The molecule has 0 aliphatic carbocycles. The highest BCUT2D eigenvalue weighted by Gasteiger charge is 2.57. The fraction of sp³-hybridized carbons (Fsp3) is 0.0392. The Hall–Kier alpha value is -6.57. The molecule has 0 unspecified atom stereocenters. The molecule has 0 atom stereocenters. The molecule has 0 saturated heterocycles. The van der Waals surface area contributed by atoms with Crippen LogP contribution >= 0.6 is 0 Å². The molecule has 248 valence electrons. The molecule has 0 fully saturated rings. The smallest absolute Gasteiger partial charge is 0.171 e. The second-order valence-electron chi connectivity index (χ2n) is 13.1. The van der Waals surface area contributed by atoms with Crippen LogP contribution in [0.3, 0.4) is 0 Å². The monoisotopic (exact) mass is 666 g/mol. The van der Waals surface area contributed by atoms with Crippen LogP contribution in [0.2, 0.25) is 0 Å². The lowest BCUT2D eigenvalue weighted by Crippen LogP contribution is -2.52. The molecule has 0 radical (unpaired) electrons. The van der Waals surface area contributed by atoms with Gasteiger partial charge in [0.05, 0.1) is 0 Å². The first-order chi connectivity index (χ1) is 25.8. The van der Waals surface area contributed by atoms with Crippen LogP contribution in [0.1, 0.15) is 33.4 Å². The van der Waals surface area contributed by atoms with Gasteiger partial charge in [-0.05, 0) is 55.6 Å². The first-order valence-corrected chi connectivity index (χ1v) is 17.8. The van der Waals surface area contributed by atoms with E-state index in [-0.39, 0.29) is 5.78 Å². The van der Waals surface area contributed by atoms with Gasteiger partial charge in [0, 0.05) is 0 Å². The summed E-state index contributed by atoms with van der Waals surface area (Å²) >= 11 is 0. The van der Waals surface area contributed by atoms with Crippen molar-refractivity contribution in [3.05, 3.63) is 264 Å². The fourth-order valence-electron chi connectivity index (χ4n) is 8.12. The summed E-state index contributed by atoms with van der Waals surface area (Å²) in [6.07, 6.45) is 0. The SMILES string of the molecule is O=C(C(c1ccccc1)(c1ccccc1)c1ccccc1-c1ccccc1)C(c1ccccc1)(c1ccccc1)c1ccccc1-c1ccccc1. The van der Waals surface area contributed by atoms with Crippen LogP contribution in [-0.4, -0.2) is 5.78 Å². The molecule has 0 aromatic heterocycles. The first-order valence-electron chi connectivity index (χ1n) is 17.8. The molecule has 8 rings (SSSR count). The zero-order valence-corrected chi connectivity index (χ0v) is 28.8. The topological polar surface area (TPSA) is 17.1 Å². The van der Waals surface area contributed by atoms with Crippen LogP contribution in [0.4, 0.5) is 0 Å². The van der Waals surface area contributed by atoms with Gasteiger partial charge in [0.25, 0.3) is 0 Å². The lowest BCUT2D eigenvalue weighted by molar-refractivity contribution is -0.125. The van der Waals surface area contributed by atoms with E-state index < -0.39 is 10.8 Å². The second-order valence-corrected chi connectivity index (χ2v) is 13.1. The number of ketones is 1. The van der Waals surface area contributed by atoms with E-state index in [0.29, 0.717) is 0 Å². The van der Waals surface area contributed by atoms with Gasteiger partial charge >= 0.3 is 0 Å². The summed E-state index contributed by atoms with van der Waals surface area (Å²) in [5.41, 5.74) is 7.06. The van der Waals surface area contributed by atoms with Crippen LogP contribution in [0, 0.1) is 0 Å². The van der Waals surface area contributed by atoms with Crippen LogP contribution in [0.15, 0.2) is 231 Å². The van der Waals surface area contributed by atoms with Crippen molar-refractivity contribution in [2.75, 3.05) is 0 Å². The van der Waals surface area contributed by atoms with Crippen molar-refractivity contribution in [2.45, 2.75) is 10.8 Å². The van der Waals surface area contributed by atoms with Gasteiger partial charge < -0.3 is 0 Å². The Labute approximate surface area is 306 Å². The van der Waals surface area contributed by atoms with E-state index in [2.05, 4.69) is 194 Å². The minimum atomic E-state index is -1.27. The summed E-state index contributed by atoms with van der Waals surface area (Å²) in [6.45, 7) is 0. The molecule has 0 saturated carbocycles. The second kappa shape index (κ2) is 14.3. The quantitative estimate of drug-likeness (QED) is 0.133. The fourth-order valence-corrected chi connectivity index (χ4v) is 8.12. The number of carbonyl (C=O) groups is 1. The van der Waals surface area contributed by atoms with Gasteiger partial charge in [-0.15, -0.1) is 0 Å². The van der Waals surface area contributed by atoms with E-state index in [0.717, 1.165) is 55.6 Å². The maximum Gasteiger partial charge on any atom is 0.171 e. The number of hydrogen-bond acceptors (Lipinski definition) is 1. The average Bonchev–Trinajstić information content (AvgIpc) is 3.24. The van der Waals surface area contributed by atoms with E-state index in [9.17, 15) is 0 Å². The highest BCUT2D eigenvalue weighted by atomic mass is 16.1. The van der Waals surface area contributed by atoms with Crippen LogP contribution in [-0.2, 0) is 15.6 Å². The first kappa shape index (κ1) is 32.6. The third kappa shape index (κ3) is 5.48. The van der Waals surface area contributed by atoms with Gasteiger partial charge in [0.15, 0.2) is 5.78 Å². The van der Waals surface area contributed by atoms with Gasteiger partial charge in [0.1, 0.15) is 10.8 Å². The van der Waals surface area contributed by atoms with Crippen molar-refractivity contribution < 1.29 is 4.79 Å². The van der Waals surface area contributed by atoms with Crippen LogP contribution in [0.5, 0.6) is 0 Å². The Morgan fingerprint density at radius 2 is 0.500 bits per heavy atom. The molecule has 0 amide bonds. The molecule has 1 nitrogen and oxygen atoms in total. The maximum atomic E-state index is 17.5. The van der Waals surface area contributed by atoms with Crippen molar-refractivity contribution in [1.29, 1.82) is 0 Å². The maximum absolute atomic E-state index is 17.5. The Bertz CT molecular complexity index is 2130. The average molecular weight is 667 g/mol. The summed E-state index contributed by atoms with van der Waals surface area (Å²) < 4.78 is 0. The lowest BCUT2D eigenvalue weighted by atomic mass is 9.53. The molecule has 0 heterocycles. The highest BCUT2D eigenvalue weighted by molar-refractivity contribution is 6.11. The number of Topliss-reactive ketones (excluding diaryl/α,β-unsaturated/α-hetero) is 1. The Kier molecular flexibility index (Phi) is 9.00. The van der Waals surface area contributed by atoms with Crippen molar-refractivity contribution in [3.8, 4) is 22.3 Å². The van der Waals surface area contributed by atoms with Gasteiger partial charge in [-0.3, -0.25) is 4.79 Å². The van der Waals surface area contributed by atoms with E-state index >= 15 is 4.79 Å². The van der Waals surface area contributed by atoms with E-state index in [1.54, 1.807) is 0 Å². The van der Waals surface area contributed by atoms with Crippen molar-refractivity contribution >= 4 is 5.78 Å². The molecule has 1 heteroatoms. The zero-order chi connectivity index (χ0) is 35.2. The van der Waals surface area contributed by atoms with Gasteiger partial charge in [-0.25, -0.2) is 0 Å². The largest absolute Gasteiger partial charge is 0.296 e. The summed E-state index contributed by atoms with van der Waals surface area (Å²) in [5, 5.41) is 0. The molecule has 8 aromatic rings. The molecular formula is C51H38O. The number of benzene rings is 8. The van der Waals surface area contributed by atoms with E-state index in [1.807, 2.05) is 36.4 Å². The van der Waals surface area contributed by atoms with Gasteiger partial charge in [-0.2, -0.15) is 0 Å². The van der Waals surface area contributed by atoms with E-state index in [4.69, 9.17) is 0 Å². The third-order valence-electron chi connectivity index (χ3n) is 10.3. The number of hydrogen-bond donors (Lipinski definition) is 0. The summed E-state index contributed by atoms with van der Waals surface area (Å²) in [4.78, 5) is 17.5. The van der Waals surface area contributed by atoms with Gasteiger partial charge in [-0.1, -0.05) is 231 Å². The lowest BCUT2D eigenvalue weighted by Gasteiger charge is -2.45. The Morgan fingerprint density at radius 3 is 0.788 bits per heavy atom. The molecule has 0 spiro atoms. The predicted molar refractivity (Wildman–Crippen MR) is 214 cm³/mol. The molecule has 52 heavy (non-hydrogen) atoms. The van der Waals surface area contributed by atoms with Crippen LogP contribution < -0.4 is 0 Å². The Balaban J connectivity index is 1.60. The van der Waals surface area contributed by atoms with Crippen molar-refractivity contribution in [3.63, 3.8) is 0 Å². The predicted octanol–water partition coefficient (Wildman–Crippen LogP) is 12.0. The Morgan fingerprint density at radius 1 is 0.269 bits per heavy atom. The van der Waals surface area contributed by atoms with Crippen LogP contribution in [0.25, 0.3) is 22.3 Å². The standard InChI is InChI=1S/C51H38O/c52-49(50(41-27-11-3-12-28-41,42-29-13-4-14-30-42)47-37-21-19-35-45(47)39-23-7-1-8-24-39)51(43-31-15-5-16-32-43,44-33-17-6-18-34-44)48-38-22-20-36-46(48)40-25-9-2-10-26-40/h1-38H. The molecule has 0 aliphatic rings. The number of carbonyl (C=O) groups excluding carboxylic acids is 1. The summed E-state index contributed by atoms with van der Waals surface area (Å²) in [5.74, 6) is 0.0431. The molecule has 0 N–H and O–H groups in total. The van der Waals surface area contributed by atoms with E-state index in [1.165, 1.54) is 0 Å². The normalized spacial score (nSPS) is 11.5. The minimum absolute atomic E-state index is 0.0431. The molecule has 0 bridgehead atoms. The summed E-state index contributed by atoms with van der Waals surface area (Å²) in [6, 6.07) is 79.3. The minimum Gasteiger partial charge on any atom is -0.296 e. The zero-order valence-electron chi connectivity index (χ0n) is 28.8. The molecule has 8 aromatic carbocycles. The van der Waals surface area contributed by atoms with Crippen molar-refractivity contribution in [2.24, 2.45) is 0 Å². The highest BCUT2D eigenvalue weighted by Crippen LogP contribution is 2.54. The number of rotatable bonds is 10. The third-order valence-corrected chi connectivity index (χ3v) is 10.3. The molecule has 0 aliphatic heterocycles.